The third-order valence-corrected chi connectivity index (χ3v) is 3.88. The molecule has 3 amide bonds. The highest BCUT2D eigenvalue weighted by Crippen LogP contribution is 2.28. The van der Waals surface area contributed by atoms with Crippen LogP contribution in [0, 0.1) is 0 Å². The normalized spacial score (nSPS) is 10.4. The highest BCUT2D eigenvalue weighted by molar-refractivity contribution is 6.35. The number of rotatable bonds is 10. The largest absolute Gasteiger partial charge is 0.490 e. The summed E-state index contributed by atoms with van der Waals surface area (Å²) in [7, 11) is 0. The first kappa shape index (κ1) is 23.4. The second-order valence-corrected chi connectivity index (χ2v) is 6.25. The van der Waals surface area contributed by atoms with Gasteiger partial charge in [0.1, 0.15) is 0 Å². The van der Waals surface area contributed by atoms with Crippen molar-refractivity contribution in [3.05, 3.63) is 59.7 Å². The quantitative estimate of drug-likeness (QED) is 0.301. The first-order valence-corrected chi connectivity index (χ1v) is 9.85. The maximum Gasteiger partial charge on any atom is 0.329 e. The summed E-state index contributed by atoms with van der Waals surface area (Å²) >= 11 is 0. The topological polar surface area (TPSA) is 118 Å². The van der Waals surface area contributed by atoms with E-state index in [2.05, 4.69) is 21.2 Å². The van der Waals surface area contributed by atoms with Crippen molar-refractivity contribution in [2.75, 3.05) is 19.8 Å². The lowest BCUT2D eigenvalue weighted by Crippen LogP contribution is -2.37. The van der Waals surface area contributed by atoms with Crippen molar-refractivity contribution < 1.29 is 23.9 Å². The Morgan fingerprint density at radius 3 is 2.42 bits per heavy atom. The number of likely N-dealkylation sites (N-methyl/N-ethyl adjacent to an activating group) is 1. The second-order valence-electron chi connectivity index (χ2n) is 6.25. The Bertz CT molecular complexity index is 915. The van der Waals surface area contributed by atoms with Crippen LogP contribution in [0.25, 0.3) is 0 Å². The summed E-state index contributed by atoms with van der Waals surface area (Å²) in [4.78, 5) is 34.9. The molecule has 0 bridgehead atoms. The average molecular weight is 426 g/mol. The number of nitrogens with zero attached hydrogens (tertiary/aromatic N) is 1. The molecular formula is C22H26N4O5. The van der Waals surface area contributed by atoms with Crippen LogP contribution < -0.4 is 25.5 Å². The minimum absolute atomic E-state index is 0.164. The Morgan fingerprint density at radius 2 is 1.71 bits per heavy atom. The maximum atomic E-state index is 12.1. The summed E-state index contributed by atoms with van der Waals surface area (Å²) in [5, 5.41) is 8.92. The maximum absolute atomic E-state index is 12.1. The molecule has 2 aromatic carbocycles. The van der Waals surface area contributed by atoms with Crippen molar-refractivity contribution in [3.63, 3.8) is 0 Å². The summed E-state index contributed by atoms with van der Waals surface area (Å²) in [6.07, 6.45) is 1.37. The smallest absolute Gasteiger partial charge is 0.329 e. The number of hydrogen-bond donors (Lipinski definition) is 3. The van der Waals surface area contributed by atoms with Crippen LogP contribution in [0.3, 0.4) is 0 Å². The summed E-state index contributed by atoms with van der Waals surface area (Å²) in [6.45, 7) is 4.52. The van der Waals surface area contributed by atoms with E-state index in [-0.39, 0.29) is 12.5 Å². The van der Waals surface area contributed by atoms with E-state index >= 15 is 0 Å². The predicted molar refractivity (Wildman–Crippen MR) is 116 cm³/mol. The molecule has 0 atom stereocenters. The van der Waals surface area contributed by atoms with Gasteiger partial charge in [-0.25, -0.2) is 5.43 Å². The number of nitrogens with one attached hydrogen (secondary N) is 3. The van der Waals surface area contributed by atoms with E-state index in [9.17, 15) is 14.4 Å². The number of carbonyl (C=O) groups is 3. The lowest BCUT2D eigenvalue weighted by atomic mass is 10.2. The average Bonchev–Trinajstić information content (AvgIpc) is 2.78. The van der Waals surface area contributed by atoms with Crippen molar-refractivity contribution in [3.8, 4) is 11.5 Å². The second kappa shape index (κ2) is 12.6. The minimum atomic E-state index is -0.857. The summed E-state index contributed by atoms with van der Waals surface area (Å²) in [5.41, 5.74) is 3.75. The van der Waals surface area contributed by atoms with Gasteiger partial charge in [-0.05, 0) is 43.2 Å². The van der Waals surface area contributed by atoms with Gasteiger partial charge >= 0.3 is 11.8 Å². The molecule has 0 aliphatic heterocycles. The summed E-state index contributed by atoms with van der Waals surface area (Å²) in [6, 6.07) is 14.5. The van der Waals surface area contributed by atoms with E-state index in [4.69, 9.17) is 9.47 Å². The number of hydrazone groups is 1. The molecule has 0 fully saturated rings. The highest BCUT2D eigenvalue weighted by atomic mass is 16.5. The van der Waals surface area contributed by atoms with E-state index in [0.717, 1.165) is 5.56 Å². The van der Waals surface area contributed by atoms with Crippen LogP contribution in [-0.2, 0) is 20.9 Å². The molecule has 0 aliphatic rings. The van der Waals surface area contributed by atoms with E-state index in [0.29, 0.717) is 36.8 Å². The molecule has 0 aromatic heterocycles. The molecule has 31 heavy (non-hydrogen) atoms. The number of carbonyl (C=O) groups excluding carboxylic acids is 3. The molecule has 0 heterocycles. The van der Waals surface area contributed by atoms with E-state index in [1.54, 1.807) is 25.1 Å². The van der Waals surface area contributed by atoms with Crippen LogP contribution in [-0.4, -0.2) is 43.7 Å². The molecule has 0 saturated heterocycles. The molecule has 3 N–H and O–H groups in total. The van der Waals surface area contributed by atoms with Crippen molar-refractivity contribution >= 4 is 23.9 Å². The van der Waals surface area contributed by atoms with Crippen LogP contribution in [0.5, 0.6) is 11.5 Å². The van der Waals surface area contributed by atoms with Gasteiger partial charge in [0.15, 0.2) is 18.1 Å². The van der Waals surface area contributed by atoms with Gasteiger partial charge in [-0.2, -0.15) is 5.10 Å². The van der Waals surface area contributed by atoms with Gasteiger partial charge in [0.2, 0.25) is 0 Å². The Morgan fingerprint density at radius 1 is 0.935 bits per heavy atom. The number of hydrogen-bond acceptors (Lipinski definition) is 6. The summed E-state index contributed by atoms with van der Waals surface area (Å²) in [5.74, 6) is -1.05. The number of ether oxygens (including phenoxy) is 2. The summed E-state index contributed by atoms with van der Waals surface area (Å²) < 4.78 is 11.2. The first-order valence-electron chi connectivity index (χ1n) is 9.85. The van der Waals surface area contributed by atoms with Gasteiger partial charge in [-0.3, -0.25) is 14.4 Å². The molecular weight excluding hydrogens is 400 g/mol. The van der Waals surface area contributed by atoms with Gasteiger partial charge in [-0.1, -0.05) is 30.3 Å². The van der Waals surface area contributed by atoms with Gasteiger partial charge in [0.25, 0.3) is 5.91 Å². The van der Waals surface area contributed by atoms with Gasteiger partial charge < -0.3 is 20.1 Å². The van der Waals surface area contributed by atoms with Crippen LogP contribution in [0.15, 0.2) is 53.6 Å². The molecule has 0 unspecified atom stereocenters. The van der Waals surface area contributed by atoms with Gasteiger partial charge in [0.05, 0.1) is 12.8 Å². The Balaban J connectivity index is 1.91. The fourth-order valence-corrected chi connectivity index (χ4v) is 2.44. The van der Waals surface area contributed by atoms with Gasteiger partial charge in [0, 0.05) is 13.1 Å². The molecule has 0 aliphatic carbocycles. The van der Waals surface area contributed by atoms with Crippen LogP contribution in [0.4, 0.5) is 0 Å². The third-order valence-electron chi connectivity index (χ3n) is 3.88. The lowest BCUT2D eigenvalue weighted by Gasteiger charge is -2.12. The van der Waals surface area contributed by atoms with Crippen molar-refractivity contribution in [1.82, 2.24) is 16.1 Å². The number of amides is 3. The van der Waals surface area contributed by atoms with Crippen molar-refractivity contribution in [1.29, 1.82) is 0 Å². The molecule has 0 spiro atoms. The highest BCUT2D eigenvalue weighted by Gasteiger charge is 2.11. The molecule has 9 heteroatoms. The van der Waals surface area contributed by atoms with Crippen LogP contribution >= 0.6 is 0 Å². The SMILES string of the molecule is CCNC(=O)C(=O)N/N=C\c1ccc(OCC(=O)NCc2ccccc2)c(OCC)c1. The number of benzene rings is 2. The Kier molecular flexibility index (Phi) is 9.54. The lowest BCUT2D eigenvalue weighted by molar-refractivity contribution is -0.139. The molecule has 0 radical (unpaired) electrons. The molecule has 2 aromatic rings. The van der Waals surface area contributed by atoms with E-state index in [1.807, 2.05) is 37.3 Å². The minimum Gasteiger partial charge on any atom is -0.490 e. The van der Waals surface area contributed by atoms with E-state index < -0.39 is 11.8 Å². The molecule has 9 nitrogen and oxygen atoms in total. The van der Waals surface area contributed by atoms with Crippen LogP contribution in [0.1, 0.15) is 25.0 Å². The van der Waals surface area contributed by atoms with Crippen molar-refractivity contribution in [2.45, 2.75) is 20.4 Å². The standard InChI is InChI=1S/C22H26N4O5/c1-3-23-21(28)22(29)26-25-14-17-10-11-18(19(12-17)30-4-2)31-15-20(27)24-13-16-8-6-5-7-9-16/h5-12,14H,3-4,13,15H2,1-2H3,(H,23,28)(H,24,27)(H,26,29)/b25-14-. The van der Waals surface area contributed by atoms with Crippen molar-refractivity contribution in [2.24, 2.45) is 5.10 Å². The zero-order chi connectivity index (χ0) is 22.5. The predicted octanol–water partition coefficient (Wildman–Crippen LogP) is 1.37. The molecule has 164 valence electrons. The van der Waals surface area contributed by atoms with E-state index in [1.165, 1.54) is 6.21 Å². The fraction of sp³-hybridized carbons (Fsp3) is 0.273. The zero-order valence-electron chi connectivity index (χ0n) is 17.5. The van der Waals surface area contributed by atoms with Gasteiger partial charge in [-0.15, -0.1) is 0 Å². The third kappa shape index (κ3) is 8.17. The first-order chi connectivity index (χ1) is 15.0. The monoisotopic (exact) mass is 426 g/mol. The molecule has 2 rings (SSSR count). The molecule has 0 saturated carbocycles. The van der Waals surface area contributed by atoms with Crippen LogP contribution in [0.2, 0.25) is 0 Å². The Hall–Kier alpha value is -3.88. The Labute approximate surface area is 180 Å². The fourth-order valence-electron chi connectivity index (χ4n) is 2.44. The zero-order valence-corrected chi connectivity index (χ0v) is 17.5.